The second-order valence-electron chi connectivity index (χ2n) is 7.27. The molecule has 0 spiro atoms. The summed E-state index contributed by atoms with van der Waals surface area (Å²) >= 11 is 6.19. The van der Waals surface area contributed by atoms with Crippen LogP contribution in [0.2, 0.25) is 5.02 Å². The predicted octanol–water partition coefficient (Wildman–Crippen LogP) is 4.17. The molecule has 31 heavy (non-hydrogen) atoms. The lowest BCUT2D eigenvalue weighted by molar-refractivity contribution is -0.384. The lowest BCUT2D eigenvalue weighted by Gasteiger charge is -2.17. The summed E-state index contributed by atoms with van der Waals surface area (Å²) in [5.74, 6) is -0.988. The summed E-state index contributed by atoms with van der Waals surface area (Å²) in [7, 11) is 0. The predicted molar refractivity (Wildman–Crippen MR) is 118 cm³/mol. The van der Waals surface area contributed by atoms with Crippen molar-refractivity contribution in [3.63, 3.8) is 0 Å². The average Bonchev–Trinajstić information content (AvgIpc) is 2.95. The Morgan fingerprint density at radius 3 is 2.42 bits per heavy atom. The number of nitrogens with zero attached hydrogens (tertiary/aromatic N) is 2. The molecule has 0 aromatic heterocycles. The third-order valence-corrected chi connectivity index (χ3v) is 5.24. The smallest absolute Gasteiger partial charge is 0.278 e. The highest BCUT2D eigenvalue weighted by Gasteiger charge is 2.39. The van der Waals surface area contributed by atoms with E-state index in [1.807, 2.05) is 13.8 Å². The molecule has 0 bridgehead atoms. The number of nitrogens with one attached hydrogen (secondary N) is 1. The Bertz CT molecular complexity index is 1060. The number of anilines is 1. The highest BCUT2D eigenvalue weighted by atomic mass is 35.5. The van der Waals surface area contributed by atoms with Crippen molar-refractivity contribution in [3.8, 4) is 0 Å². The van der Waals surface area contributed by atoms with Crippen LogP contribution in [0.5, 0.6) is 0 Å². The molecule has 1 heterocycles. The number of benzene rings is 2. The molecule has 8 nitrogen and oxygen atoms in total. The molecule has 1 aliphatic heterocycles. The summed E-state index contributed by atoms with van der Waals surface area (Å²) in [6, 6.07) is 10.7. The highest BCUT2D eigenvalue weighted by molar-refractivity contribution is 6.36. The Hall–Kier alpha value is -3.23. The van der Waals surface area contributed by atoms with Gasteiger partial charge in [-0.15, -0.1) is 0 Å². The van der Waals surface area contributed by atoms with E-state index in [9.17, 15) is 19.7 Å². The molecule has 0 radical (unpaired) electrons. The Kier molecular flexibility index (Phi) is 6.72. The Balaban J connectivity index is 2.01. The second kappa shape index (κ2) is 9.28. The minimum absolute atomic E-state index is 0.0402. The average molecular weight is 444 g/mol. The van der Waals surface area contributed by atoms with Crippen LogP contribution in [0.15, 0.2) is 48.2 Å². The molecule has 2 aromatic rings. The zero-order valence-corrected chi connectivity index (χ0v) is 18.1. The van der Waals surface area contributed by atoms with E-state index >= 15 is 0 Å². The monoisotopic (exact) mass is 443 g/mol. The van der Waals surface area contributed by atoms with E-state index in [-0.39, 0.29) is 36.2 Å². The maximum Gasteiger partial charge on any atom is 0.278 e. The van der Waals surface area contributed by atoms with Crippen LogP contribution in [-0.2, 0) is 14.3 Å². The van der Waals surface area contributed by atoms with Crippen molar-refractivity contribution in [1.29, 1.82) is 0 Å². The molecule has 0 atom stereocenters. The van der Waals surface area contributed by atoms with Gasteiger partial charge in [0.1, 0.15) is 5.70 Å². The van der Waals surface area contributed by atoms with Gasteiger partial charge >= 0.3 is 0 Å². The fourth-order valence-corrected chi connectivity index (χ4v) is 3.34. The summed E-state index contributed by atoms with van der Waals surface area (Å²) in [5.41, 5.74) is 1.84. The summed E-state index contributed by atoms with van der Waals surface area (Å²) < 4.78 is 5.49. The van der Waals surface area contributed by atoms with Crippen LogP contribution in [0, 0.1) is 17.0 Å². The first-order valence-electron chi connectivity index (χ1n) is 9.69. The fourth-order valence-electron chi connectivity index (χ4n) is 3.17. The molecule has 1 N–H and O–H groups in total. The number of hydrogen-bond donors (Lipinski definition) is 1. The molecule has 9 heteroatoms. The number of imide groups is 1. The molecule has 3 rings (SSSR count). The van der Waals surface area contributed by atoms with Crippen molar-refractivity contribution in [3.05, 3.63) is 74.4 Å². The quantitative estimate of drug-likeness (QED) is 0.373. The van der Waals surface area contributed by atoms with Crippen molar-refractivity contribution in [2.24, 2.45) is 0 Å². The normalized spacial score (nSPS) is 14.0. The number of ether oxygens (including phenoxy) is 1. The van der Waals surface area contributed by atoms with Crippen LogP contribution < -0.4 is 5.32 Å². The number of carbonyl (C=O) groups excluding carboxylic acids is 2. The van der Waals surface area contributed by atoms with Gasteiger partial charge in [-0.1, -0.05) is 17.7 Å². The zero-order valence-electron chi connectivity index (χ0n) is 17.3. The van der Waals surface area contributed by atoms with Crippen LogP contribution in [0.25, 0.3) is 5.57 Å². The second-order valence-corrected chi connectivity index (χ2v) is 7.68. The molecule has 2 aromatic carbocycles. The van der Waals surface area contributed by atoms with Gasteiger partial charge < -0.3 is 10.1 Å². The van der Waals surface area contributed by atoms with E-state index in [0.717, 1.165) is 10.5 Å². The number of halogens is 1. The van der Waals surface area contributed by atoms with E-state index in [0.29, 0.717) is 16.3 Å². The largest absolute Gasteiger partial charge is 0.377 e. The van der Waals surface area contributed by atoms with Gasteiger partial charge in [0.25, 0.3) is 17.5 Å². The standard InChI is InChI=1S/C22H22ClN3O5/c1-13(2)31-12-11-25-21(27)19(15-7-9-16(10-8-15)26(29)30)20(22(25)28)24-18-6-4-5-17(23)14(18)3/h4-10,13,24H,11-12H2,1-3H3. The van der Waals surface area contributed by atoms with Crippen LogP contribution in [0.3, 0.4) is 0 Å². The maximum atomic E-state index is 13.2. The highest BCUT2D eigenvalue weighted by Crippen LogP contribution is 2.33. The minimum Gasteiger partial charge on any atom is -0.377 e. The van der Waals surface area contributed by atoms with Gasteiger partial charge in [-0.25, -0.2) is 0 Å². The van der Waals surface area contributed by atoms with E-state index in [4.69, 9.17) is 16.3 Å². The Morgan fingerprint density at radius 1 is 1.13 bits per heavy atom. The van der Waals surface area contributed by atoms with Gasteiger partial charge in [0.05, 0.1) is 29.8 Å². The Labute approximate surface area is 184 Å². The van der Waals surface area contributed by atoms with E-state index in [1.54, 1.807) is 25.1 Å². The molecule has 0 unspecified atom stereocenters. The van der Waals surface area contributed by atoms with Gasteiger partial charge in [0, 0.05) is 22.8 Å². The van der Waals surface area contributed by atoms with Gasteiger partial charge in [-0.2, -0.15) is 0 Å². The first-order valence-corrected chi connectivity index (χ1v) is 10.1. The molecule has 1 aliphatic rings. The van der Waals surface area contributed by atoms with Gasteiger partial charge in [0.2, 0.25) is 0 Å². The SMILES string of the molecule is Cc1c(Cl)cccc1NC1=C(c2ccc([N+](=O)[O-])cc2)C(=O)N(CCOC(C)C)C1=O. The van der Waals surface area contributed by atoms with Crippen LogP contribution in [-0.4, -0.2) is 40.9 Å². The number of hydrogen-bond acceptors (Lipinski definition) is 6. The first kappa shape index (κ1) is 22.5. The first-order chi connectivity index (χ1) is 14.7. The van der Waals surface area contributed by atoms with Gasteiger partial charge in [-0.05, 0) is 56.2 Å². The Morgan fingerprint density at radius 2 is 1.81 bits per heavy atom. The summed E-state index contributed by atoms with van der Waals surface area (Å²) in [4.78, 5) is 37.9. The van der Waals surface area contributed by atoms with E-state index < -0.39 is 16.7 Å². The molecule has 0 fully saturated rings. The molecule has 0 saturated heterocycles. The van der Waals surface area contributed by atoms with Gasteiger partial charge in [-0.3, -0.25) is 24.6 Å². The van der Waals surface area contributed by atoms with Crippen LogP contribution >= 0.6 is 11.6 Å². The number of nitro groups is 1. The third kappa shape index (κ3) is 4.76. The molecule has 0 aliphatic carbocycles. The van der Waals surface area contributed by atoms with Crippen molar-refractivity contribution < 1.29 is 19.2 Å². The lowest BCUT2D eigenvalue weighted by atomic mass is 10.0. The van der Waals surface area contributed by atoms with Crippen molar-refractivity contribution >= 4 is 40.4 Å². The minimum atomic E-state index is -0.524. The number of amides is 2. The van der Waals surface area contributed by atoms with E-state index in [2.05, 4.69) is 5.32 Å². The topological polar surface area (TPSA) is 102 Å². The fraction of sp³-hybridized carbons (Fsp3) is 0.273. The summed E-state index contributed by atoms with van der Waals surface area (Å²) in [6.45, 7) is 5.82. The molecule has 2 amide bonds. The maximum absolute atomic E-state index is 13.2. The third-order valence-electron chi connectivity index (χ3n) is 4.83. The number of carbonyl (C=O) groups is 2. The van der Waals surface area contributed by atoms with Crippen molar-refractivity contribution in [2.75, 3.05) is 18.5 Å². The number of nitro benzene ring substituents is 1. The van der Waals surface area contributed by atoms with Crippen molar-refractivity contribution in [2.45, 2.75) is 26.9 Å². The molecular formula is C22H22ClN3O5. The molecule has 162 valence electrons. The van der Waals surface area contributed by atoms with Crippen LogP contribution in [0.4, 0.5) is 11.4 Å². The van der Waals surface area contributed by atoms with E-state index in [1.165, 1.54) is 24.3 Å². The lowest BCUT2D eigenvalue weighted by Crippen LogP contribution is -2.35. The summed E-state index contributed by atoms with van der Waals surface area (Å²) in [5, 5.41) is 14.5. The van der Waals surface area contributed by atoms with Crippen molar-refractivity contribution in [1.82, 2.24) is 4.90 Å². The van der Waals surface area contributed by atoms with Gasteiger partial charge in [0.15, 0.2) is 0 Å². The zero-order chi connectivity index (χ0) is 22.7. The molecular weight excluding hydrogens is 422 g/mol. The van der Waals surface area contributed by atoms with Crippen LogP contribution in [0.1, 0.15) is 25.0 Å². The number of rotatable bonds is 8. The number of non-ortho nitro benzene ring substituents is 1. The molecule has 0 saturated carbocycles. The summed E-state index contributed by atoms with van der Waals surface area (Å²) in [6.07, 6.45) is -0.0402.